The van der Waals surface area contributed by atoms with Crippen molar-refractivity contribution in [2.75, 3.05) is 11.9 Å². The van der Waals surface area contributed by atoms with Crippen molar-refractivity contribution in [3.05, 3.63) is 47.8 Å². The molecule has 0 spiro atoms. The number of amides is 1. The summed E-state index contributed by atoms with van der Waals surface area (Å²) in [6.45, 7) is 0.786. The summed E-state index contributed by atoms with van der Waals surface area (Å²) in [6.07, 6.45) is 4.72. The molecule has 0 aliphatic rings. The lowest BCUT2D eigenvalue weighted by molar-refractivity contribution is 0.100. The second-order valence-electron chi connectivity index (χ2n) is 4.14. The van der Waals surface area contributed by atoms with E-state index in [-0.39, 0.29) is 0 Å². The number of nitrogens with two attached hydrogens (primary N) is 1. The summed E-state index contributed by atoms with van der Waals surface area (Å²) in [5.74, 6) is -0.411. The zero-order valence-corrected chi connectivity index (χ0v) is 10.3. The maximum Gasteiger partial charge on any atom is 0.248 e. The van der Waals surface area contributed by atoms with Gasteiger partial charge in [-0.1, -0.05) is 6.07 Å². The molecule has 2 rings (SSSR count). The average Bonchev–Trinajstić information content (AvgIpc) is 2.75. The minimum Gasteiger partial charge on any atom is -0.385 e. The lowest BCUT2D eigenvalue weighted by Crippen LogP contribution is -2.11. The predicted molar refractivity (Wildman–Crippen MR) is 70.4 cm³/mol. The fourth-order valence-electron chi connectivity index (χ4n) is 1.73. The second kappa shape index (κ2) is 5.35. The minimum atomic E-state index is -0.411. The number of anilines is 1. The summed E-state index contributed by atoms with van der Waals surface area (Å²) in [5, 5.41) is 7.36. The van der Waals surface area contributed by atoms with Gasteiger partial charge in [0, 0.05) is 31.0 Å². The first-order chi connectivity index (χ1) is 8.65. The van der Waals surface area contributed by atoms with E-state index < -0.39 is 5.91 Å². The lowest BCUT2D eigenvalue weighted by atomic mass is 10.2. The maximum absolute atomic E-state index is 11.0. The molecular formula is C13H16N4O. The molecule has 0 aliphatic carbocycles. The summed E-state index contributed by atoms with van der Waals surface area (Å²) in [5.41, 5.74) is 7.82. The molecule has 0 radical (unpaired) electrons. The van der Waals surface area contributed by atoms with E-state index >= 15 is 0 Å². The monoisotopic (exact) mass is 244 g/mol. The molecule has 18 heavy (non-hydrogen) atoms. The van der Waals surface area contributed by atoms with Crippen LogP contribution in [-0.4, -0.2) is 22.2 Å². The highest BCUT2D eigenvalue weighted by Gasteiger charge is 2.01. The summed E-state index contributed by atoms with van der Waals surface area (Å²) in [6, 6.07) is 7.18. The first-order valence-corrected chi connectivity index (χ1v) is 5.76. The molecule has 0 fully saturated rings. The van der Waals surface area contributed by atoms with Gasteiger partial charge < -0.3 is 11.1 Å². The van der Waals surface area contributed by atoms with Gasteiger partial charge >= 0.3 is 0 Å². The first-order valence-electron chi connectivity index (χ1n) is 5.76. The Bertz CT molecular complexity index is 547. The quantitative estimate of drug-likeness (QED) is 0.829. The maximum atomic E-state index is 11.0. The number of rotatable bonds is 5. The molecule has 5 nitrogen and oxygen atoms in total. The van der Waals surface area contributed by atoms with Crippen molar-refractivity contribution in [3.8, 4) is 0 Å². The Kier molecular flexibility index (Phi) is 3.62. The van der Waals surface area contributed by atoms with E-state index in [0.717, 1.165) is 18.7 Å². The second-order valence-corrected chi connectivity index (χ2v) is 4.14. The highest BCUT2D eigenvalue weighted by Crippen LogP contribution is 2.10. The average molecular weight is 244 g/mol. The van der Waals surface area contributed by atoms with Gasteiger partial charge in [0.05, 0.1) is 6.20 Å². The molecule has 0 saturated heterocycles. The molecule has 1 amide bonds. The summed E-state index contributed by atoms with van der Waals surface area (Å²) in [4.78, 5) is 11.0. The smallest absolute Gasteiger partial charge is 0.248 e. The molecule has 1 heterocycles. The highest BCUT2D eigenvalue weighted by atomic mass is 16.1. The number of hydrogen-bond acceptors (Lipinski definition) is 3. The van der Waals surface area contributed by atoms with Crippen molar-refractivity contribution in [1.29, 1.82) is 0 Å². The Morgan fingerprint density at radius 1 is 1.50 bits per heavy atom. The third kappa shape index (κ3) is 3.10. The molecule has 0 unspecified atom stereocenters. The van der Waals surface area contributed by atoms with Crippen LogP contribution in [0.2, 0.25) is 0 Å². The van der Waals surface area contributed by atoms with Crippen molar-refractivity contribution in [3.63, 3.8) is 0 Å². The van der Waals surface area contributed by atoms with Gasteiger partial charge in [-0.3, -0.25) is 9.48 Å². The number of carbonyl (C=O) groups is 1. The van der Waals surface area contributed by atoms with Gasteiger partial charge in [-0.25, -0.2) is 0 Å². The zero-order valence-electron chi connectivity index (χ0n) is 10.3. The fourth-order valence-corrected chi connectivity index (χ4v) is 1.73. The summed E-state index contributed by atoms with van der Waals surface area (Å²) in [7, 11) is 1.90. The normalized spacial score (nSPS) is 10.3. The van der Waals surface area contributed by atoms with E-state index in [1.54, 1.807) is 16.8 Å². The Balaban J connectivity index is 1.90. The van der Waals surface area contributed by atoms with Crippen LogP contribution in [0.25, 0.3) is 0 Å². The van der Waals surface area contributed by atoms with Crippen molar-refractivity contribution in [1.82, 2.24) is 9.78 Å². The molecule has 1 aromatic carbocycles. The molecule has 94 valence electrons. The summed E-state index contributed by atoms with van der Waals surface area (Å²) < 4.78 is 1.78. The van der Waals surface area contributed by atoms with Crippen LogP contribution in [0.15, 0.2) is 36.7 Å². The van der Waals surface area contributed by atoms with Crippen LogP contribution in [-0.2, 0) is 13.5 Å². The van der Waals surface area contributed by atoms with Gasteiger partial charge in [0.1, 0.15) is 0 Å². The van der Waals surface area contributed by atoms with Gasteiger partial charge in [-0.15, -0.1) is 0 Å². The first kappa shape index (κ1) is 12.2. The van der Waals surface area contributed by atoms with Crippen molar-refractivity contribution < 1.29 is 4.79 Å². The molecule has 0 saturated carbocycles. The van der Waals surface area contributed by atoms with E-state index in [1.807, 2.05) is 31.6 Å². The number of primary amides is 1. The molecule has 5 heteroatoms. The number of hydrogen-bond donors (Lipinski definition) is 2. The molecule has 3 N–H and O–H groups in total. The van der Waals surface area contributed by atoms with Crippen LogP contribution in [0.4, 0.5) is 5.69 Å². The van der Waals surface area contributed by atoms with E-state index in [1.165, 1.54) is 5.56 Å². The van der Waals surface area contributed by atoms with Gasteiger partial charge in [0.2, 0.25) is 5.91 Å². The largest absolute Gasteiger partial charge is 0.385 e. The van der Waals surface area contributed by atoms with Gasteiger partial charge in [-0.2, -0.15) is 5.10 Å². The van der Waals surface area contributed by atoms with E-state index in [4.69, 9.17) is 5.73 Å². The van der Waals surface area contributed by atoms with Crippen LogP contribution >= 0.6 is 0 Å². The molecule has 0 aliphatic heterocycles. The van der Waals surface area contributed by atoms with Gasteiger partial charge in [0.15, 0.2) is 0 Å². The zero-order chi connectivity index (χ0) is 13.0. The third-order valence-electron chi connectivity index (χ3n) is 2.65. The Morgan fingerprint density at radius 2 is 2.33 bits per heavy atom. The topological polar surface area (TPSA) is 72.9 Å². The molecule has 2 aromatic rings. The van der Waals surface area contributed by atoms with Crippen molar-refractivity contribution in [2.45, 2.75) is 6.42 Å². The molecular weight excluding hydrogens is 228 g/mol. The third-order valence-corrected chi connectivity index (χ3v) is 2.65. The summed E-state index contributed by atoms with van der Waals surface area (Å²) >= 11 is 0. The fraction of sp³-hybridized carbons (Fsp3) is 0.231. The van der Waals surface area contributed by atoms with Crippen molar-refractivity contribution in [2.24, 2.45) is 12.8 Å². The van der Waals surface area contributed by atoms with Crippen LogP contribution < -0.4 is 11.1 Å². The standard InChI is InChI=1S/C13H16N4O/c1-17-9-10(8-16-17)5-6-15-12-4-2-3-11(7-12)13(14)18/h2-4,7-9,15H,5-6H2,1H3,(H2,14,18). The minimum absolute atomic E-state index is 0.411. The number of nitrogens with zero attached hydrogens (tertiary/aromatic N) is 2. The molecule has 0 atom stereocenters. The van der Waals surface area contributed by atoms with Crippen LogP contribution in [0, 0.1) is 0 Å². The number of aryl methyl sites for hydroxylation is 1. The SMILES string of the molecule is Cn1cc(CCNc2cccc(C(N)=O)c2)cn1. The van der Waals surface area contributed by atoms with Gasteiger partial charge in [-0.05, 0) is 30.2 Å². The van der Waals surface area contributed by atoms with Crippen LogP contribution in [0.1, 0.15) is 15.9 Å². The van der Waals surface area contributed by atoms with Crippen LogP contribution in [0.3, 0.4) is 0 Å². The van der Waals surface area contributed by atoms with Gasteiger partial charge in [0.25, 0.3) is 0 Å². The van der Waals surface area contributed by atoms with E-state index in [9.17, 15) is 4.79 Å². The number of aromatic nitrogens is 2. The number of nitrogens with one attached hydrogen (secondary N) is 1. The number of carbonyl (C=O) groups excluding carboxylic acids is 1. The molecule has 1 aromatic heterocycles. The van der Waals surface area contributed by atoms with E-state index in [0.29, 0.717) is 5.56 Å². The molecule has 0 bridgehead atoms. The van der Waals surface area contributed by atoms with E-state index in [2.05, 4.69) is 10.4 Å². The Hall–Kier alpha value is -2.30. The Morgan fingerprint density at radius 3 is 3.00 bits per heavy atom. The highest BCUT2D eigenvalue weighted by molar-refractivity contribution is 5.93. The number of benzene rings is 1. The lowest BCUT2D eigenvalue weighted by Gasteiger charge is -2.06. The Labute approximate surface area is 106 Å². The predicted octanol–water partition coefficient (Wildman–Crippen LogP) is 1.17. The van der Waals surface area contributed by atoms with Crippen LogP contribution in [0.5, 0.6) is 0 Å². The van der Waals surface area contributed by atoms with Crippen molar-refractivity contribution >= 4 is 11.6 Å².